The van der Waals surface area contributed by atoms with E-state index in [0.717, 1.165) is 59.9 Å². The first-order valence-electron chi connectivity index (χ1n) is 9.58. The van der Waals surface area contributed by atoms with E-state index in [1.807, 2.05) is 29.0 Å². The number of imidazole rings is 1. The average molecular weight is 416 g/mol. The second kappa shape index (κ2) is 8.87. The van der Waals surface area contributed by atoms with Crippen molar-refractivity contribution in [2.75, 3.05) is 38.9 Å². The first-order valence-corrected chi connectivity index (χ1v) is 10.8. The molecule has 1 unspecified atom stereocenters. The number of nitrogens with zero attached hydrogens (tertiary/aromatic N) is 4. The van der Waals surface area contributed by atoms with Crippen LogP contribution in [0.1, 0.15) is 24.6 Å². The smallest absolute Gasteiger partial charge is 0.191 e. The van der Waals surface area contributed by atoms with Crippen LogP contribution in [0.2, 0.25) is 0 Å². The number of ether oxygens (including phenoxy) is 3. The lowest BCUT2D eigenvalue weighted by Crippen LogP contribution is -2.10. The number of thioether (sulfide) groups is 1. The maximum Gasteiger partial charge on any atom is 0.191 e. The number of anilines is 1. The Balaban J connectivity index is 1.53. The fourth-order valence-electron chi connectivity index (χ4n) is 3.46. The van der Waals surface area contributed by atoms with E-state index in [-0.39, 0.29) is 6.23 Å². The van der Waals surface area contributed by atoms with Crippen molar-refractivity contribution in [2.24, 2.45) is 0 Å². The number of benzene rings is 1. The molecule has 29 heavy (non-hydrogen) atoms. The molecule has 2 aromatic heterocycles. The molecule has 1 N–H and O–H groups in total. The second-order valence-electron chi connectivity index (χ2n) is 6.72. The summed E-state index contributed by atoms with van der Waals surface area (Å²) in [5.74, 6) is 2.21. The molecule has 0 bridgehead atoms. The zero-order valence-corrected chi connectivity index (χ0v) is 17.7. The maximum absolute atomic E-state index is 5.81. The van der Waals surface area contributed by atoms with Gasteiger partial charge in [0.05, 0.1) is 20.5 Å². The first kappa shape index (κ1) is 19.8. The number of methoxy groups -OCH3 is 2. The van der Waals surface area contributed by atoms with Crippen LogP contribution in [-0.2, 0) is 11.2 Å². The Bertz CT molecular complexity index is 988. The lowest BCUT2D eigenvalue weighted by Gasteiger charge is -2.13. The molecule has 8 nitrogen and oxygen atoms in total. The molecular weight excluding hydrogens is 390 g/mol. The molecule has 4 rings (SSSR count). The molecule has 0 spiro atoms. The summed E-state index contributed by atoms with van der Waals surface area (Å²) in [7, 11) is 3.28. The van der Waals surface area contributed by atoms with E-state index in [0.29, 0.717) is 11.7 Å². The van der Waals surface area contributed by atoms with Crippen LogP contribution < -0.4 is 14.8 Å². The Morgan fingerprint density at radius 1 is 1.24 bits per heavy atom. The summed E-state index contributed by atoms with van der Waals surface area (Å²) >= 11 is 1.52. The standard InChI is InChI=1S/C20H25N5O3S/c1-26-14-7-6-13(11-15(14)27-2)8-9-21-18-17-19(24-20(23-18)29-3)25(12-22-17)16-5-4-10-28-16/h6-7,11-12,16H,4-5,8-10H2,1-3H3,(H,21,23,24). The summed E-state index contributed by atoms with van der Waals surface area (Å²) in [5.41, 5.74) is 2.73. The van der Waals surface area contributed by atoms with Gasteiger partial charge in [0.25, 0.3) is 0 Å². The summed E-state index contributed by atoms with van der Waals surface area (Å²) in [5, 5.41) is 4.14. The number of rotatable bonds is 8. The molecule has 0 radical (unpaired) electrons. The zero-order valence-electron chi connectivity index (χ0n) is 16.8. The fraction of sp³-hybridized carbons (Fsp3) is 0.450. The van der Waals surface area contributed by atoms with Crippen LogP contribution in [-0.4, -0.2) is 53.1 Å². The molecule has 9 heteroatoms. The van der Waals surface area contributed by atoms with Gasteiger partial charge in [-0.2, -0.15) is 0 Å². The van der Waals surface area contributed by atoms with Gasteiger partial charge in [0, 0.05) is 13.2 Å². The number of aromatic nitrogens is 4. The van der Waals surface area contributed by atoms with Crippen molar-refractivity contribution < 1.29 is 14.2 Å². The van der Waals surface area contributed by atoms with Gasteiger partial charge < -0.3 is 19.5 Å². The van der Waals surface area contributed by atoms with Gasteiger partial charge in [-0.3, -0.25) is 4.57 Å². The molecule has 1 saturated heterocycles. The van der Waals surface area contributed by atoms with E-state index >= 15 is 0 Å². The van der Waals surface area contributed by atoms with Gasteiger partial charge in [0.15, 0.2) is 33.6 Å². The normalized spacial score (nSPS) is 16.3. The van der Waals surface area contributed by atoms with E-state index in [1.165, 1.54) is 11.8 Å². The van der Waals surface area contributed by atoms with E-state index < -0.39 is 0 Å². The van der Waals surface area contributed by atoms with Gasteiger partial charge in [-0.15, -0.1) is 0 Å². The molecule has 1 atom stereocenters. The average Bonchev–Trinajstić information content (AvgIpc) is 3.43. The first-order chi connectivity index (χ1) is 14.2. The molecule has 3 aromatic rings. The molecule has 1 fully saturated rings. The highest BCUT2D eigenvalue weighted by Crippen LogP contribution is 2.30. The largest absolute Gasteiger partial charge is 0.493 e. The topological polar surface area (TPSA) is 83.3 Å². The van der Waals surface area contributed by atoms with E-state index in [4.69, 9.17) is 14.2 Å². The maximum atomic E-state index is 5.81. The molecule has 0 amide bonds. The van der Waals surface area contributed by atoms with Crippen LogP contribution in [0, 0.1) is 0 Å². The van der Waals surface area contributed by atoms with Crippen molar-refractivity contribution in [1.82, 2.24) is 19.5 Å². The third kappa shape index (κ3) is 4.11. The summed E-state index contributed by atoms with van der Waals surface area (Å²) in [6.07, 6.45) is 6.63. The Hall–Kier alpha value is -2.52. The Kier molecular flexibility index (Phi) is 6.05. The third-order valence-corrected chi connectivity index (χ3v) is 5.50. The molecule has 1 aliphatic rings. The van der Waals surface area contributed by atoms with E-state index in [9.17, 15) is 0 Å². The Morgan fingerprint density at radius 3 is 2.83 bits per heavy atom. The number of hydrogen-bond donors (Lipinski definition) is 1. The van der Waals surface area contributed by atoms with Crippen molar-refractivity contribution in [3.05, 3.63) is 30.1 Å². The van der Waals surface area contributed by atoms with E-state index in [1.54, 1.807) is 20.5 Å². The van der Waals surface area contributed by atoms with Crippen LogP contribution in [0.25, 0.3) is 11.2 Å². The van der Waals surface area contributed by atoms with Gasteiger partial charge in [0.2, 0.25) is 0 Å². The molecule has 154 valence electrons. The highest BCUT2D eigenvalue weighted by Gasteiger charge is 2.22. The summed E-state index contributed by atoms with van der Waals surface area (Å²) in [6.45, 7) is 1.49. The van der Waals surface area contributed by atoms with Gasteiger partial charge in [-0.05, 0) is 43.2 Å². The van der Waals surface area contributed by atoms with Crippen molar-refractivity contribution in [2.45, 2.75) is 30.6 Å². The number of nitrogens with one attached hydrogen (secondary N) is 1. The molecule has 1 aromatic carbocycles. The van der Waals surface area contributed by atoms with Crippen LogP contribution in [0.15, 0.2) is 29.7 Å². The van der Waals surface area contributed by atoms with E-state index in [2.05, 4.69) is 20.3 Å². The van der Waals surface area contributed by atoms with Crippen LogP contribution >= 0.6 is 11.8 Å². The quantitative estimate of drug-likeness (QED) is 0.442. The molecule has 3 heterocycles. The SMILES string of the molecule is COc1ccc(CCNc2nc(SC)nc3c2ncn3C2CCCO2)cc1OC. The van der Waals surface area contributed by atoms with Crippen molar-refractivity contribution in [3.8, 4) is 11.5 Å². The Morgan fingerprint density at radius 2 is 2.10 bits per heavy atom. The third-order valence-electron chi connectivity index (χ3n) is 4.95. The van der Waals surface area contributed by atoms with Crippen LogP contribution in [0.5, 0.6) is 11.5 Å². The van der Waals surface area contributed by atoms with Crippen LogP contribution in [0.3, 0.4) is 0 Å². The van der Waals surface area contributed by atoms with Gasteiger partial charge >= 0.3 is 0 Å². The van der Waals surface area contributed by atoms with Crippen LogP contribution in [0.4, 0.5) is 5.82 Å². The van der Waals surface area contributed by atoms with Crippen molar-refractivity contribution in [1.29, 1.82) is 0 Å². The number of fused-ring (bicyclic) bond motifs is 1. The Labute approximate surface area is 174 Å². The molecule has 1 aliphatic heterocycles. The predicted molar refractivity (Wildman–Crippen MR) is 113 cm³/mol. The van der Waals surface area contributed by atoms with Gasteiger partial charge in [-0.25, -0.2) is 15.0 Å². The monoisotopic (exact) mass is 415 g/mol. The minimum atomic E-state index is 0.00391. The summed E-state index contributed by atoms with van der Waals surface area (Å²) in [4.78, 5) is 13.9. The van der Waals surface area contributed by atoms with Gasteiger partial charge in [0.1, 0.15) is 6.23 Å². The molecular formula is C20H25N5O3S. The lowest BCUT2D eigenvalue weighted by molar-refractivity contribution is 0.0592. The highest BCUT2D eigenvalue weighted by atomic mass is 32.2. The van der Waals surface area contributed by atoms with Gasteiger partial charge in [-0.1, -0.05) is 17.8 Å². The fourth-order valence-corrected chi connectivity index (χ4v) is 3.82. The van der Waals surface area contributed by atoms with Crippen molar-refractivity contribution in [3.63, 3.8) is 0 Å². The molecule has 0 aliphatic carbocycles. The summed E-state index contributed by atoms with van der Waals surface area (Å²) < 4.78 is 18.5. The predicted octanol–water partition coefficient (Wildman–Crippen LogP) is 3.53. The second-order valence-corrected chi connectivity index (χ2v) is 7.49. The minimum Gasteiger partial charge on any atom is -0.493 e. The zero-order chi connectivity index (χ0) is 20.2. The number of hydrogen-bond acceptors (Lipinski definition) is 8. The highest BCUT2D eigenvalue weighted by molar-refractivity contribution is 7.98. The molecule has 0 saturated carbocycles. The van der Waals surface area contributed by atoms with Crippen molar-refractivity contribution >= 4 is 28.7 Å². The minimum absolute atomic E-state index is 0.00391. The summed E-state index contributed by atoms with van der Waals surface area (Å²) in [6, 6.07) is 5.96. The lowest BCUT2D eigenvalue weighted by atomic mass is 10.1.